The fraction of sp³-hybridized carbons (Fsp3) is 0.538. The summed E-state index contributed by atoms with van der Waals surface area (Å²) >= 11 is 1.97. The van der Waals surface area contributed by atoms with Crippen LogP contribution in [0.25, 0.3) is 0 Å². The van der Waals surface area contributed by atoms with Crippen molar-refractivity contribution in [3.05, 3.63) is 29.6 Å². The van der Waals surface area contributed by atoms with Crippen LogP contribution in [0.15, 0.2) is 18.2 Å². The molecular formula is C13H18FNOS. The number of thioether (sulfide) groups is 1. The maximum atomic E-state index is 13.7. The highest BCUT2D eigenvalue weighted by Gasteiger charge is 2.13. The zero-order valence-electron chi connectivity index (χ0n) is 10.0. The van der Waals surface area contributed by atoms with E-state index < -0.39 is 0 Å². The van der Waals surface area contributed by atoms with Crippen molar-refractivity contribution in [2.45, 2.75) is 25.4 Å². The van der Waals surface area contributed by atoms with Crippen molar-refractivity contribution >= 4 is 11.8 Å². The molecule has 1 aliphatic heterocycles. The van der Waals surface area contributed by atoms with Crippen LogP contribution in [0.2, 0.25) is 0 Å². The first kappa shape index (κ1) is 12.7. The minimum atomic E-state index is -0.194. The standard InChI is InChI=1S/C13H18FNOS/c1-16-12-5-4-10(13(14)7-12)8-15-11-3-2-6-17-9-11/h4-5,7,11,15H,2-3,6,8-9H2,1H3. The Morgan fingerprint density at radius 1 is 1.53 bits per heavy atom. The Labute approximate surface area is 106 Å². The molecule has 0 spiro atoms. The molecule has 1 aliphatic rings. The summed E-state index contributed by atoms with van der Waals surface area (Å²) in [5.41, 5.74) is 0.710. The third-order valence-corrected chi connectivity index (χ3v) is 4.22. The molecule has 1 aromatic rings. The highest BCUT2D eigenvalue weighted by atomic mass is 32.2. The largest absolute Gasteiger partial charge is 0.497 e. The molecule has 0 aromatic heterocycles. The van der Waals surface area contributed by atoms with Gasteiger partial charge in [0, 0.05) is 30.0 Å². The Kier molecular flexibility index (Phi) is 4.68. The van der Waals surface area contributed by atoms with Crippen molar-refractivity contribution in [3.8, 4) is 5.75 Å². The van der Waals surface area contributed by atoms with Gasteiger partial charge >= 0.3 is 0 Å². The smallest absolute Gasteiger partial charge is 0.131 e. The van der Waals surface area contributed by atoms with Gasteiger partial charge in [0.1, 0.15) is 11.6 Å². The number of rotatable bonds is 4. The van der Waals surface area contributed by atoms with Gasteiger partial charge in [-0.05, 0) is 24.7 Å². The Morgan fingerprint density at radius 3 is 3.06 bits per heavy atom. The molecule has 17 heavy (non-hydrogen) atoms. The second-order valence-electron chi connectivity index (χ2n) is 4.25. The Balaban J connectivity index is 1.89. The maximum Gasteiger partial charge on any atom is 0.131 e. The van der Waals surface area contributed by atoms with Gasteiger partial charge in [0.2, 0.25) is 0 Å². The zero-order valence-corrected chi connectivity index (χ0v) is 10.9. The second kappa shape index (κ2) is 6.26. The van der Waals surface area contributed by atoms with E-state index in [9.17, 15) is 4.39 Å². The van der Waals surface area contributed by atoms with E-state index in [-0.39, 0.29) is 5.82 Å². The monoisotopic (exact) mass is 255 g/mol. The van der Waals surface area contributed by atoms with Crippen LogP contribution in [0.5, 0.6) is 5.75 Å². The van der Waals surface area contributed by atoms with Crippen LogP contribution in [0.1, 0.15) is 18.4 Å². The highest BCUT2D eigenvalue weighted by Crippen LogP contribution is 2.19. The zero-order chi connectivity index (χ0) is 12.1. The highest BCUT2D eigenvalue weighted by molar-refractivity contribution is 7.99. The lowest BCUT2D eigenvalue weighted by Crippen LogP contribution is -2.33. The summed E-state index contributed by atoms with van der Waals surface area (Å²) in [6.07, 6.45) is 2.46. The number of hydrogen-bond acceptors (Lipinski definition) is 3. The Morgan fingerprint density at radius 2 is 2.41 bits per heavy atom. The lowest BCUT2D eigenvalue weighted by molar-refractivity contribution is 0.410. The van der Waals surface area contributed by atoms with Gasteiger partial charge in [-0.15, -0.1) is 0 Å². The molecule has 1 atom stereocenters. The molecule has 1 fully saturated rings. The fourth-order valence-electron chi connectivity index (χ4n) is 1.95. The van der Waals surface area contributed by atoms with E-state index in [0.717, 1.165) is 5.75 Å². The molecule has 0 bridgehead atoms. The predicted molar refractivity (Wildman–Crippen MR) is 70.1 cm³/mol. The molecule has 1 saturated heterocycles. The summed E-state index contributed by atoms with van der Waals surface area (Å²) in [7, 11) is 1.55. The summed E-state index contributed by atoms with van der Waals surface area (Å²) < 4.78 is 18.6. The molecule has 94 valence electrons. The number of halogens is 1. The van der Waals surface area contributed by atoms with Crippen LogP contribution in [0.3, 0.4) is 0 Å². The van der Waals surface area contributed by atoms with Crippen molar-refractivity contribution in [2.24, 2.45) is 0 Å². The van der Waals surface area contributed by atoms with Gasteiger partial charge in [-0.1, -0.05) is 6.07 Å². The minimum Gasteiger partial charge on any atom is -0.497 e. The molecule has 1 aromatic carbocycles. The number of ether oxygens (including phenoxy) is 1. The van der Waals surface area contributed by atoms with E-state index >= 15 is 0 Å². The lowest BCUT2D eigenvalue weighted by Gasteiger charge is -2.22. The van der Waals surface area contributed by atoms with Gasteiger partial charge in [0.25, 0.3) is 0 Å². The molecule has 0 radical (unpaired) electrons. The minimum absolute atomic E-state index is 0.194. The van der Waals surface area contributed by atoms with E-state index in [4.69, 9.17) is 4.74 Å². The normalized spacial score (nSPS) is 20.2. The molecule has 0 saturated carbocycles. The van der Waals surface area contributed by atoms with Crippen molar-refractivity contribution in [1.82, 2.24) is 5.32 Å². The Hall–Kier alpha value is -0.740. The van der Waals surface area contributed by atoms with Gasteiger partial charge in [0.15, 0.2) is 0 Å². The van der Waals surface area contributed by atoms with Crippen LogP contribution in [-0.2, 0) is 6.54 Å². The van der Waals surface area contributed by atoms with Crippen LogP contribution in [0.4, 0.5) is 4.39 Å². The maximum absolute atomic E-state index is 13.7. The molecule has 2 rings (SSSR count). The average molecular weight is 255 g/mol. The Bertz CT molecular complexity index is 366. The molecule has 1 unspecified atom stereocenters. The second-order valence-corrected chi connectivity index (χ2v) is 5.40. The van der Waals surface area contributed by atoms with Crippen LogP contribution < -0.4 is 10.1 Å². The van der Waals surface area contributed by atoms with Crippen LogP contribution >= 0.6 is 11.8 Å². The van der Waals surface area contributed by atoms with Gasteiger partial charge in [-0.2, -0.15) is 11.8 Å². The first-order chi connectivity index (χ1) is 8.29. The van der Waals surface area contributed by atoms with Gasteiger partial charge < -0.3 is 10.1 Å². The van der Waals surface area contributed by atoms with E-state index in [1.807, 2.05) is 11.8 Å². The number of hydrogen-bond donors (Lipinski definition) is 1. The molecule has 1 heterocycles. The first-order valence-electron chi connectivity index (χ1n) is 5.93. The summed E-state index contributed by atoms with van der Waals surface area (Å²) in [4.78, 5) is 0. The van der Waals surface area contributed by atoms with E-state index in [2.05, 4.69) is 5.32 Å². The van der Waals surface area contributed by atoms with Crippen molar-refractivity contribution in [1.29, 1.82) is 0 Å². The van der Waals surface area contributed by atoms with Gasteiger partial charge in [0.05, 0.1) is 7.11 Å². The molecule has 1 N–H and O–H groups in total. The summed E-state index contributed by atoms with van der Waals surface area (Å²) in [5.74, 6) is 2.77. The van der Waals surface area contributed by atoms with E-state index in [0.29, 0.717) is 23.9 Å². The summed E-state index contributed by atoms with van der Waals surface area (Å²) in [6, 6.07) is 5.55. The fourth-order valence-corrected chi connectivity index (χ4v) is 3.06. The lowest BCUT2D eigenvalue weighted by atomic mass is 10.1. The molecule has 0 aliphatic carbocycles. The van der Waals surface area contributed by atoms with Crippen molar-refractivity contribution in [3.63, 3.8) is 0 Å². The molecule has 0 amide bonds. The van der Waals surface area contributed by atoms with Crippen LogP contribution in [0, 0.1) is 5.82 Å². The number of nitrogens with one attached hydrogen (secondary N) is 1. The van der Waals surface area contributed by atoms with Crippen molar-refractivity contribution < 1.29 is 9.13 Å². The molecule has 4 heteroatoms. The van der Waals surface area contributed by atoms with Crippen molar-refractivity contribution in [2.75, 3.05) is 18.6 Å². The predicted octanol–water partition coefficient (Wildman–Crippen LogP) is 2.82. The first-order valence-corrected chi connectivity index (χ1v) is 7.08. The van der Waals surface area contributed by atoms with Crippen LogP contribution in [-0.4, -0.2) is 24.7 Å². The van der Waals surface area contributed by atoms with E-state index in [1.54, 1.807) is 19.2 Å². The average Bonchev–Trinajstić information content (AvgIpc) is 2.38. The number of methoxy groups -OCH3 is 1. The molecule has 2 nitrogen and oxygen atoms in total. The quantitative estimate of drug-likeness (QED) is 0.894. The van der Waals surface area contributed by atoms with Gasteiger partial charge in [-0.3, -0.25) is 0 Å². The summed E-state index contributed by atoms with van der Waals surface area (Å²) in [6.45, 7) is 0.598. The summed E-state index contributed by atoms with van der Waals surface area (Å²) in [5, 5.41) is 3.41. The van der Waals surface area contributed by atoms with E-state index in [1.165, 1.54) is 24.7 Å². The number of benzene rings is 1. The third-order valence-electron chi connectivity index (χ3n) is 3.00. The topological polar surface area (TPSA) is 21.3 Å². The van der Waals surface area contributed by atoms with Gasteiger partial charge in [-0.25, -0.2) is 4.39 Å². The SMILES string of the molecule is COc1ccc(CNC2CCCSC2)c(F)c1. The molecular weight excluding hydrogens is 237 g/mol. The third kappa shape index (κ3) is 3.61.